The van der Waals surface area contributed by atoms with E-state index in [-0.39, 0.29) is 10.8 Å². The number of rotatable bonds is 7. The number of nitrogens with one attached hydrogen (secondary N) is 1. The number of hydrogen-bond donors (Lipinski definition) is 1. The summed E-state index contributed by atoms with van der Waals surface area (Å²) in [6.07, 6.45) is 2.84. The van der Waals surface area contributed by atoms with Gasteiger partial charge in [-0.1, -0.05) is 30.2 Å². The number of aryl methyl sites for hydroxylation is 1. The van der Waals surface area contributed by atoms with Crippen molar-refractivity contribution < 1.29 is 13.2 Å². The average Bonchev–Trinajstić information content (AvgIpc) is 2.73. The summed E-state index contributed by atoms with van der Waals surface area (Å²) in [4.78, 5) is 13.8. The van der Waals surface area contributed by atoms with Gasteiger partial charge in [-0.25, -0.2) is 8.42 Å². The van der Waals surface area contributed by atoms with Crippen molar-refractivity contribution in [2.24, 2.45) is 0 Å². The van der Waals surface area contributed by atoms with Gasteiger partial charge in [-0.3, -0.25) is 4.79 Å². The number of benzene rings is 2. The highest BCUT2D eigenvalue weighted by molar-refractivity contribution is 7.99. The van der Waals surface area contributed by atoms with Gasteiger partial charge in [-0.05, 0) is 50.1 Å². The van der Waals surface area contributed by atoms with Crippen molar-refractivity contribution in [2.75, 3.05) is 25.4 Å². The quantitative estimate of drug-likeness (QED) is 0.550. The molecular formula is C21H26N2O3S2. The summed E-state index contributed by atoms with van der Waals surface area (Å²) in [5.41, 5.74) is 1.59. The van der Waals surface area contributed by atoms with Crippen molar-refractivity contribution in [2.45, 2.75) is 36.0 Å². The van der Waals surface area contributed by atoms with E-state index in [4.69, 9.17) is 0 Å². The molecule has 0 spiro atoms. The molecule has 0 atom stereocenters. The lowest BCUT2D eigenvalue weighted by Gasteiger charge is -2.26. The summed E-state index contributed by atoms with van der Waals surface area (Å²) < 4.78 is 27.1. The smallest absolute Gasteiger partial charge is 0.251 e. The zero-order chi connectivity index (χ0) is 20.0. The van der Waals surface area contributed by atoms with E-state index in [0.717, 1.165) is 29.9 Å². The number of amides is 1. The molecule has 28 heavy (non-hydrogen) atoms. The molecule has 7 heteroatoms. The number of carbonyl (C=O) groups excluding carboxylic acids is 1. The van der Waals surface area contributed by atoms with Gasteiger partial charge >= 0.3 is 0 Å². The lowest BCUT2D eigenvalue weighted by molar-refractivity contribution is 0.0956. The standard InChI is InChI=1S/C21H26N2O3S2/c1-17-8-10-19(11-9-17)27-15-12-22-21(24)18-6-5-7-20(16-18)28(25,26)23-13-3-2-4-14-23/h5-11,16H,2-4,12-15H2,1H3,(H,22,24). The van der Waals surface area contributed by atoms with Crippen LogP contribution in [0.2, 0.25) is 0 Å². The molecule has 1 aliphatic heterocycles. The molecule has 150 valence electrons. The number of piperidine rings is 1. The van der Waals surface area contributed by atoms with Gasteiger partial charge < -0.3 is 5.32 Å². The van der Waals surface area contributed by atoms with Crippen LogP contribution in [0.1, 0.15) is 35.2 Å². The fourth-order valence-corrected chi connectivity index (χ4v) is 5.45. The lowest BCUT2D eigenvalue weighted by Crippen LogP contribution is -2.35. The molecule has 0 saturated carbocycles. The minimum atomic E-state index is -3.53. The molecule has 1 aliphatic rings. The third kappa shape index (κ3) is 5.37. The van der Waals surface area contributed by atoms with Crippen LogP contribution < -0.4 is 5.32 Å². The summed E-state index contributed by atoms with van der Waals surface area (Å²) in [6, 6.07) is 14.6. The average molecular weight is 419 g/mol. The van der Waals surface area contributed by atoms with E-state index in [2.05, 4.69) is 29.6 Å². The lowest BCUT2D eigenvalue weighted by atomic mass is 10.2. The first-order chi connectivity index (χ1) is 13.5. The van der Waals surface area contributed by atoms with Crippen molar-refractivity contribution in [1.82, 2.24) is 9.62 Å². The van der Waals surface area contributed by atoms with Gasteiger partial charge in [0.2, 0.25) is 10.0 Å². The van der Waals surface area contributed by atoms with E-state index in [1.165, 1.54) is 15.9 Å². The van der Waals surface area contributed by atoms with E-state index < -0.39 is 10.0 Å². The van der Waals surface area contributed by atoms with Crippen molar-refractivity contribution in [3.05, 3.63) is 59.7 Å². The maximum absolute atomic E-state index is 12.8. The maximum atomic E-state index is 12.8. The number of thioether (sulfide) groups is 1. The van der Waals surface area contributed by atoms with Crippen LogP contribution in [-0.2, 0) is 10.0 Å². The second-order valence-electron chi connectivity index (χ2n) is 6.91. The third-order valence-corrected chi connectivity index (χ3v) is 7.63. The van der Waals surface area contributed by atoms with E-state index in [9.17, 15) is 13.2 Å². The van der Waals surface area contributed by atoms with Crippen molar-refractivity contribution in [3.63, 3.8) is 0 Å². The molecule has 3 rings (SSSR count). The van der Waals surface area contributed by atoms with E-state index in [1.807, 2.05) is 6.92 Å². The second kappa shape index (κ2) is 9.58. The molecule has 2 aromatic rings. The fraction of sp³-hybridized carbons (Fsp3) is 0.381. The number of sulfonamides is 1. The third-order valence-electron chi connectivity index (χ3n) is 4.73. The largest absolute Gasteiger partial charge is 0.351 e. The van der Waals surface area contributed by atoms with E-state index >= 15 is 0 Å². The number of hydrogen-bond acceptors (Lipinski definition) is 4. The first kappa shape index (κ1) is 20.9. The normalized spacial score (nSPS) is 15.3. The summed E-state index contributed by atoms with van der Waals surface area (Å²) in [5.74, 6) is 0.501. The first-order valence-corrected chi connectivity index (χ1v) is 12.0. The molecule has 0 aromatic heterocycles. The molecule has 0 radical (unpaired) electrons. The van der Waals surface area contributed by atoms with Crippen LogP contribution in [0.4, 0.5) is 0 Å². The zero-order valence-corrected chi connectivity index (χ0v) is 17.7. The monoisotopic (exact) mass is 418 g/mol. The molecule has 0 bridgehead atoms. The van der Waals surface area contributed by atoms with E-state index in [1.54, 1.807) is 30.0 Å². The molecule has 1 amide bonds. The van der Waals surface area contributed by atoms with Crippen molar-refractivity contribution >= 4 is 27.7 Å². The first-order valence-electron chi connectivity index (χ1n) is 9.55. The van der Waals surface area contributed by atoms with E-state index in [0.29, 0.717) is 25.2 Å². The van der Waals surface area contributed by atoms with Crippen LogP contribution >= 0.6 is 11.8 Å². The van der Waals surface area contributed by atoms with Gasteiger partial charge in [0.1, 0.15) is 0 Å². The van der Waals surface area contributed by atoms with Gasteiger partial charge in [0.25, 0.3) is 5.91 Å². The summed E-state index contributed by atoms with van der Waals surface area (Å²) in [7, 11) is -3.53. The number of nitrogens with zero attached hydrogens (tertiary/aromatic N) is 1. The summed E-state index contributed by atoms with van der Waals surface area (Å²) in [6.45, 7) is 3.67. The second-order valence-corrected chi connectivity index (χ2v) is 10.0. The Morgan fingerprint density at radius 3 is 2.50 bits per heavy atom. The summed E-state index contributed by atoms with van der Waals surface area (Å²) >= 11 is 1.68. The van der Waals surface area contributed by atoms with Crippen LogP contribution in [0.25, 0.3) is 0 Å². The molecule has 1 fully saturated rings. The molecule has 1 saturated heterocycles. The van der Waals surface area contributed by atoms with Crippen molar-refractivity contribution in [1.29, 1.82) is 0 Å². The molecule has 1 N–H and O–H groups in total. The topological polar surface area (TPSA) is 66.5 Å². The van der Waals surface area contributed by atoms with Crippen LogP contribution in [0.15, 0.2) is 58.3 Å². The predicted molar refractivity (Wildman–Crippen MR) is 113 cm³/mol. The van der Waals surface area contributed by atoms with Crippen LogP contribution in [0, 0.1) is 6.92 Å². The van der Waals surface area contributed by atoms with Gasteiger partial charge in [-0.2, -0.15) is 4.31 Å². The highest BCUT2D eigenvalue weighted by Gasteiger charge is 2.26. The van der Waals surface area contributed by atoms with Crippen LogP contribution in [0.3, 0.4) is 0 Å². The van der Waals surface area contributed by atoms with Gasteiger partial charge in [0.05, 0.1) is 4.90 Å². The minimum absolute atomic E-state index is 0.191. The van der Waals surface area contributed by atoms with Gasteiger partial charge in [0, 0.05) is 35.8 Å². The Morgan fingerprint density at radius 2 is 1.79 bits per heavy atom. The maximum Gasteiger partial charge on any atom is 0.251 e. The summed E-state index contributed by atoms with van der Waals surface area (Å²) in [5, 5.41) is 2.87. The fourth-order valence-electron chi connectivity index (χ4n) is 3.12. The molecule has 1 heterocycles. The SMILES string of the molecule is Cc1ccc(SCCNC(=O)c2cccc(S(=O)(=O)N3CCCCC3)c2)cc1. The van der Waals surface area contributed by atoms with Crippen LogP contribution in [0.5, 0.6) is 0 Å². The highest BCUT2D eigenvalue weighted by Crippen LogP contribution is 2.21. The molecule has 0 unspecified atom stereocenters. The zero-order valence-electron chi connectivity index (χ0n) is 16.1. The van der Waals surface area contributed by atoms with Gasteiger partial charge in [0.15, 0.2) is 0 Å². The van der Waals surface area contributed by atoms with Crippen molar-refractivity contribution in [3.8, 4) is 0 Å². The Bertz CT molecular complexity index is 906. The predicted octanol–water partition coefficient (Wildman–Crippen LogP) is 3.69. The Kier molecular flexibility index (Phi) is 7.15. The molecule has 0 aliphatic carbocycles. The van der Waals surface area contributed by atoms with Crippen LogP contribution in [-0.4, -0.2) is 44.0 Å². The Morgan fingerprint density at radius 1 is 1.07 bits per heavy atom. The van der Waals surface area contributed by atoms with Gasteiger partial charge in [-0.15, -0.1) is 11.8 Å². The molecule has 2 aromatic carbocycles. The Hall–Kier alpha value is -1.83. The highest BCUT2D eigenvalue weighted by atomic mass is 32.2. The molecular weight excluding hydrogens is 392 g/mol. The Labute approximate surface area is 171 Å². The number of carbonyl (C=O) groups is 1. The molecule has 5 nitrogen and oxygen atoms in total. The minimum Gasteiger partial charge on any atom is -0.351 e. The Balaban J connectivity index is 1.56.